The molecule has 1 aromatic heterocycles. The number of hydrogen-bond donors (Lipinski definition) is 4. The van der Waals surface area contributed by atoms with Crippen LogP contribution in [0.1, 0.15) is 69.1 Å². The molecule has 1 aliphatic rings. The summed E-state index contributed by atoms with van der Waals surface area (Å²) in [6.45, 7) is 11.4. The van der Waals surface area contributed by atoms with Gasteiger partial charge in [0, 0.05) is 31.9 Å². The van der Waals surface area contributed by atoms with Gasteiger partial charge in [0.15, 0.2) is 0 Å². The number of carbonyl (C=O) groups is 4. The lowest BCUT2D eigenvalue weighted by molar-refractivity contribution is -0.137. The van der Waals surface area contributed by atoms with Crippen LogP contribution < -0.4 is 16.1 Å². The van der Waals surface area contributed by atoms with Crippen molar-refractivity contribution in [1.29, 1.82) is 0 Å². The van der Waals surface area contributed by atoms with Crippen LogP contribution in [0.2, 0.25) is 0 Å². The Hall–Kier alpha value is -5.22. The summed E-state index contributed by atoms with van der Waals surface area (Å²) >= 11 is 0. The van der Waals surface area contributed by atoms with Crippen LogP contribution >= 0.6 is 0 Å². The number of aromatic nitrogens is 1. The molecule has 316 valence electrons. The molecule has 13 nitrogen and oxygen atoms in total. The van der Waals surface area contributed by atoms with Crippen LogP contribution in [0.15, 0.2) is 72.8 Å². The molecule has 0 unspecified atom stereocenters. The summed E-state index contributed by atoms with van der Waals surface area (Å²) < 4.78 is 44.9. The second kappa shape index (κ2) is 20.0. The minimum Gasteiger partial charge on any atom is -0.453 e. The third-order valence-corrected chi connectivity index (χ3v) is 10.2. The number of urea groups is 1. The first-order valence-electron chi connectivity index (χ1n) is 19.4. The second-order valence-electron chi connectivity index (χ2n) is 15.9. The highest BCUT2D eigenvalue weighted by Gasteiger charge is 2.41. The lowest BCUT2D eigenvalue weighted by Crippen LogP contribution is -2.60. The van der Waals surface area contributed by atoms with E-state index in [9.17, 15) is 37.5 Å². The number of hydrazine groups is 1. The molecule has 58 heavy (non-hydrogen) atoms. The molecule has 0 saturated carbocycles. The number of aliphatic hydroxyl groups excluding tert-OH is 1. The number of aliphatic hydroxyl groups is 1. The first kappa shape index (κ1) is 45.5. The standard InChI is InChI=1S/C42H56F3N7O6/c1-8-27(2)35(52-22-21-50(40(52)57)25-32-16-12-13-28(3)46-32)37(54)47-33(23-29-14-10-9-11-15-29)34(53)26-51(24-30-17-19-31(20-18-30)42(43,44)45)49-38(55)36(41(4,5)6)48-39(56)58-7/h9-20,27,33-36,53H,8,21-26H2,1-7H3,(H,47,54)(H,48,56)(H,49,55)/t27-,33-,34-,35-,36+/m0/s1. The Morgan fingerprint density at radius 3 is 2.19 bits per heavy atom. The summed E-state index contributed by atoms with van der Waals surface area (Å²) in [6, 6.07) is 15.9. The number of hydrogen-bond acceptors (Lipinski definition) is 8. The largest absolute Gasteiger partial charge is 0.453 e. The van der Waals surface area contributed by atoms with Crippen LogP contribution in [-0.4, -0.2) is 99.8 Å². The summed E-state index contributed by atoms with van der Waals surface area (Å²) in [5.74, 6) is -1.40. The number of halogens is 3. The number of methoxy groups -OCH3 is 1. The lowest BCUT2D eigenvalue weighted by atomic mass is 9.86. The van der Waals surface area contributed by atoms with Crippen molar-refractivity contribution in [1.82, 2.24) is 35.9 Å². The molecule has 0 radical (unpaired) electrons. The Labute approximate surface area is 338 Å². The Balaban J connectivity index is 1.63. The van der Waals surface area contributed by atoms with E-state index in [0.717, 1.165) is 36.2 Å². The summed E-state index contributed by atoms with van der Waals surface area (Å²) in [5, 5.41) is 18.9. The maximum atomic E-state index is 14.4. The van der Waals surface area contributed by atoms with Gasteiger partial charge in [0.25, 0.3) is 5.91 Å². The zero-order chi connectivity index (χ0) is 42.8. The second-order valence-corrected chi connectivity index (χ2v) is 15.9. The van der Waals surface area contributed by atoms with Gasteiger partial charge in [-0.15, -0.1) is 0 Å². The molecule has 16 heteroatoms. The van der Waals surface area contributed by atoms with E-state index in [1.807, 2.05) is 69.3 Å². The number of alkyl carbamates (subject to hydrolysis) is 1. The van der Waals surface area contributed by atoms with Gasteiger partial charge in [-0.1, -0.05) is 89.6 Å². The predicted octanol–water partition coefficient (Wildman–Crippen LogP) is 5.45. The van der Waals surface area contributed by atoms with Crippen molar-refractivity contribution in [3.8, 4) is 0 Å². The highest BCUT2D eigenvalue weighted by atomic mass is 19.4. The van der Waals surface area contributed by atoms with E-state index in [1.54, 1.807) is 30.6 Å². The number of nitrogens with one attached hydrogen (secondary N) is 3. The highest BCUT2D eigenvalue weighted by Crippen LogP contribution is 2.29. The molecule has 0 bridgehead atoms. The van der Waals surface area contributed by atoms with Crippen molar-refractivity contribution in [2.75, 3.05) is 26.7 Å². The molecule has 2 heterocycles. The first-order valence-corrected chi connectivity index (χ1v) is 19.4. The van der Waals surface area contributed by atoms with Crippen molar-refractivity contribution < 1.29 is 42.2 Å². The normalized spacial score (nSPS) is 16.0. The number of alkyl halides is 3. The van der Waals surface area contributed by atoms with Crippen LogP contribution in [0.25, 0.3) is 0 Å². The van der Waals surface area contributed by atoms with E-state index in [4.69, 9.17) is 4.74 Å². The minimum atomic E-state index is -4.56. The number of aryl methyl sites for hydroxylation is 1. The number of carbonyl (C=O) groups excluding carboxylic acids is 4. The number of rotatable bonds is 17. The van der Waals surface area contributed by atoms with Gasteiger partial charge in [0.05, 0.1) is 37.1 Å². The van der Waals surface area contributed by atoms with Gasteiger partial charge >= 0.3 is 18.3 Å². The summed E-state index contributed by atoms with van der Waals surface area (Å²) in [6.07, 6.45) is -6.03. The van der Waals surface area contributed by atoms with Crippen LogP contribution in [0.3, 0.4) is 0 Å². The fraction of sp³-hybridized carbons (Fsp3) is 0.500. The fourth-order valence-electron chi connectivity index (χ4n) is 6.83. The van der Waals surface area contributed by atoms with Gasteiger partial charge in [-0.3, -0.25) is 20.0 Å². The number of nitrogens with zero attached hydrogens (tertiary/aromatic N) is 4. The number of ether oxygens (including phenoxy) is 1. The van der Waals surface area contributed by atoms with E-state index < -0.39 is 59.3 Å². The maximum Gasteiger partial charge on any atom is 0.416 e. The van der Waals surface area contributed by atoms with E-state index >= 15 is 0 Å². The maximum absolute atomic E-state index is 14.4. The quantitative estimate of drug-likeness (QED) is 0.131. The molecule has 4 rings (SSSR count). The molecule has 1 aliphatic heterocycles. The van der Waals surface area contributed by atoms with Crippen LogP contribution in [0.5, 0.6) is 0 Å². The van der Waals surface area contributed by atoms with Gasteiger partial charge in [0.1, 0.15) is 12.1 Å². The third-order valence-electron chi connectivity index (χ3n) is 10.2. The minimum absolute atomic E-state index is 0.147. The Bertz CT molecular complexity index is 1840. The molecule has 1 fully saturated rings. The van der Waals surface area contributed by atoms with Crippen molar-refractivity contribution in [2.24, 2.45) is 11.3 Å². The Kier molecular flexibility index (Phi) is 15.7. The monoisotopic (exact) mass is 811 g/mol. The van der Waals surface area contributed by atoms with Crippen molar-refractivity contribution in [3.63, 3.8) is 0 Å². The molecule has 2 aromatic carbocycles. The van der Waals surface area contributed by atoms with Crippen molar-refractivity contribution in [2.45, 2.75) is 97.9 Å². The summed E-state index contributed by atoms with van der Waals surface area (Å²) in [4.78, 5) is 62.0. The topological polar surface area (TPSA) is 156 Å². The SMILES string of the molecule is CC[C@H](C)[C@@H](C(=O)N[C@@H](Cc1ccccc1)[C@@H](O)CN(Cc1ccc(C(F)(F)F)cc1)NC(=O)[C@@H](NC(=O)OC)C(C)(C)C)N1CCN(Cc2cccc(C)n2)C1=O. The van der Waals surface area contributed by atoms with Crippen LogP contribution in [-0.2, 0) is 40.0 Å². The van der Waals surface area contributed by atoms with E-state index in [-0.39, 0.29) is 38.0 Å². The number of amides is 5. The zero-order valence-electron chi connectivity index (χ0n) is 34.2. The first-order chi connectivity index (χ1) is 27.3. The molecular formula is C42H56F3N7O6. The average Bonchev–Trinajstić information content (AvgIpc) is 3.51. The summed E-state index contributed by atoms with van der Waals surface area (Å²) in [7, 11) is 1.16. The smallest absolute Gasteiger partial charge is 0.416 e. The molecule has 5 atom stereocenters. The van der Waals surface area contributed by atoms with Gasteiger partial charge in [-0.2, -0.15) is 13.2 Å². The van der Waals surface area contributed by atoms with Gasteiger partial charge in [-0.25, -0.2) is 14.6 Å². The zero-order valence-corrected chi connectivity index (χ0v) is 34.2. The Morgan fingerprint density at radius 2 is 1.60 bits per heavy atom. The fourth-order valence-corrected chi connectivity index (χ4v) is 6.83. The van der Waals surface area contributed by atoms with E-state index in [0.29, 0.717) is 25.1 Å². The average molecular weight is 812 g/mol. The number of benzene rings is 2. The lowest BCUT2D eigenvalue weighted by Gasteiger charge is -2.36. The molecular weight excluding hydrogens is 755 g/mol. The van der Waals surface area contributed by atoms with Crippen molar-refractivity contribution in [3.05, 3.63) is 101 Å². The van der Waals surface area contributed by atoms with Crippen LogP contribution in [0, 0.1) is 18.3 Å². The van der Waals surface area contributed by atoms with E-state index in [1.165, 1.54) is 17.1 Å². The Morgan fingerprint density at radius 1 is 0.931 bits per heavy atom. The molecule has 0 spiro atoms. The van der Waals surface area contributed by atoms with Crippen molar-refractivity contribution >= 4 is 23.9 Å². The highest BCUT2D eigenvalue weighted by molar-refractivity contribution is 5.88. The molecule has 3 aromatic rings. The predicted molar refractivity (Wildman–Crippen MR) is 212 cm³/mol. The molecule has 5 amide bonds. The van der Waals surface area contributed by atoms with E-state index in [2.05, 4.69) is 21.0 Å². The van der Waals surface area contributed by atoms with Gasteiger partial charge < -0.3 is 30.3 Å². The number of pyridine rings is 1. The van der Waals surface area contributed by atoms with Crippen LogP contribution in [0.4, 0.5) is 22.8 Å². The molecule has 4 N–H and O–H groups in total. The summed E-state index contributed by atoms with van der Waals surface area (Å²) in [5.41, 5.74) is 3.80. The van der Waals surface area contributed by atoms with Gasteiger partial charge in [-0.05, 0) is 60.1 Å². The third kappa shape index (κ3) is 12.6. The molecule has 1 saturated heterocycles. The molecule has 0 aliphatic carbocycles. The van der Waals surface area contributed by atoms with Gasteiger partial charge in [0.2, 0.25) is 5.91 Å².